The molecule has 0 bridgehead atoms. The molecular formula is C19H26N4O. The van der Waals surface area contributed by atoms with Crippen molar-refractivity contribution < 1.29 is 4.79 Å². The Kier molecular flexibility index (Phi) is 6.29. The fourth-order valence-electron chi connectivity index (χ4n) is 2.55. The minimum Gasteiger partial charge on any atom is -0.337 e. The van der Waals surface area contributed by atoms with Crippen molar-refractivity contribution >= 4 is 17.5 Å². The molecule has 0 atom stereocenters. The van der Waals surface area contributed by atoms with Gasteiger partial charge in [-0.15, -0.1) is 0 Å². The van der Waals surface area contributed by atoms with E-state index in [9.17, 15) is 4.79 Å². The van der Waals surface area contributed by atoms with Crippen molar-refractivity contribution in [2.75, 3.05) is 18.4 Å². The molecule has 1 aromatic heterocycles. The molecule has 5 nitrogen and oxygen atoms in total. The first kappa shape index (κ1) is 17.9. The van der Waals surface area contributed by atoms with Crippen LogP contribution in [0.2, 0.25) is 0 Å². The van der Waals surface area contributed by atoms with Gasteiger partial charge in [0.25, 0.3) is 5.91 Å². The quantitative estimate of drug-likeness (QED) is 0.832. The number of carbonyl (C=O) groups is 1. The first-order valence-corrected chi connectivity index (χ1v) is 8.51. The number of amides is 1. The van der Waals surface area contributed by atoms with Gasteiger partial charge in [0.2, 0.25) is 5.95 Å². The summed E-state index contributed by atoms with van der Waals surface area (Å²) < 4.78 is 0. The van der Waals surface area contributed by atoms with E-state index >= 15 is 0 Å². The Balaban J connectivity index is 2.21. The number of rotatable bonds is 7. The van der Waals surface area contributed by atoms with Crippen molar-refractivity contribution in [3.63, 3.8) is 0 Å². The molecule has 0 aliphatic heterocycles. The standard InChI is InChI=1S/C19H26N4O/c1-5-11-23(12-6-2)18(24)16-9-10-20-19(21-16)22-17-13-14(3)7-8-15(17)4/h7-10,13H,5-6,11-12H2,1-4H3,(H,20,21,22). The van der Waals surface area contributed by atoms with E-state index in [1.54, 1.807) is 12.3 Å². The molecule has 2 rings (SSSR count). The van der Waals surface area contributed by atoms with Crippen LogP contribution in [0.5, 0.6) is 0 Å². The van der Waals surface area contributed by atoms with Gasteiger partial charge in [-0.1, -0.05) is 26.0 Å². The Bertz CT molecular complexity index is 694. The van der Waals surface area contributed by atoms with Crippen LogP contribution >= 0.6 is 0 Å². The summed E-state index contributed by atoms with van der Waals surface area (Å²) >= 11 is 0. The second kappa shape index (κ2) is 8.43. The molecule has 1 heterocycles. The Morgan fingerprint density at radius 1 is 1.12 bits per heavy atom. The average molecular weight is 326 g/mol. The number of nitrogens with one attached hydrogen (secondary N) is 1. The highest BCUT2D eigenvalue weighted by Gasteiger charge is 2.16. The first-order chi connectivity index (χ1) is 11.5. The largest absolute Gasteiger partial charge is 0.337 e. The average Bonchev–Trinajstić information content (AvgIpc) is 2.57. The molecule has 0 aliphatic carbocycles. The summed E-state index contributed by atoms with van der Waals surface area (Å²) in [6, 6.07) is 7.84. The normalized spacial score (nSPS) is 10.5. The number of aryl methyl sites for hydroxylation is 2. The van der Waals surface area contributed by atoms with Gasteiger partial charge in [0.1, 0.15) is 5.69 Å². The van der Waals surface area contributed by atoms with Gasteiger partial charge in [0.05, 0.1) is 0 Å². The predicted octanol–water partition coefficient (Wildman–Crippen LogP) is 4.10. The van der Waals surface area contributed by atoms with Gasteiger partial charge in [0.15, 0.2) is 0 Å². The third-order valence-corrected chi connectivity index (χ3v) is 3.79. The van der Waals surface area contributed by atoms with Crippen molar-refractivity contribution in [2.24, 2.45) is 0 Å². The maximum atomic E-state index is 12.7. The van der Waals surface area contributed by atoms with E-state index in [2.05, 4.69) is 41.3 Å². The van der Waals surface area contributed by atoms with Crippen molar-refractivity contribution in [1.29, 1.82) is 0 Å². The lowest BCUT2D eigenvalue weighted by Crippen LogP contribution is -2.33. The predicted molar refractivity (Wildman–Crippen MR) is 97.7 cm³/mol. The fraction of sp³-hybridized carbons (Fsp3) is 0.421. The van der Waals surface area contributed by atoms with Gasteiger partial charge >= 0.3 is 0 Å². The van der Waals surface area contributed by atoms with Gasteiger partial charge in [-0.3, -0.25) is 4.79 Å². The number of hydrogen-bond acceptors (Lipinski definition) is 4. The molecule has 0 spiro atoms. The second-order valence-corrected chi connectivity index (χ2v) is 6.00. The van der Waals surface area contributed by atoms with E-state index in [1.807, 2.05) is 24.8 Å². The van der Waals surface area contributed by atoms with Gasteiger partial charge in [-0.2, -0.15) is 0 Å². The van der Waals surface area contributed by atoms with Crippen molar-refractivity contribution in [3.05, 3.63) is 47.3 Å². The minimum absolute atomic E-state index is 0.0369. The van der Waals surface area contributed by atoms with Crippen LogP contribution in [0.15, 0.2) is 30.5 Å². The molecule has 5 heteroatoms. The molecule has 0 unspecified atom stereocenters. The van der Waals surface area contributed by atoms with Crippen LogP contribution in [-0.4, -0.2) is 33.9 Å². The highest BCUT2D eigenvalue weighted by Crippen LogP contribution is 2.19. The zero-order valence-corrected chi connectivity index (χ0v) is 15.0. The molecule has 2 aromatic rings. The monoisotopic (exact) mass is 326 g/mol. The van der Waals surface area contributed by atoms with Crippen molar-refractivity contribution in [2.45, 2.75) is 40.5 Å². The lowest BCUT2D eigenvalue weighted by atomic mass is 10.1. The number of nitrogens with zero attached hydrogens (tertiary/aromatic N) is 3. The van der Waals surface area contributed by atoms with E-state index in [-0.39, 0.29) is 5.91 Å². The molecule has 0 saturated heterocycles. The lowest BCUT2D eigenvalue weighted by molar-refractivity contribution is 0.0749. The number of carbonyl (C=O) groups excluding carboxylic acids is 1. The van der Waals surface area contributed by atoms with Gasteiger partial charge in [-0.05, 0) is 49.9 Å². The minimum atomic E-state index is -0.0369. The van der Waals surface area contributed by atoms with Crippen LogP contribution < -0.4 is 5.32 Å². The zero-order chi connectivity index (χ0) is 17.5. The van der Waals surface area contributed by atoms with Crippen molar-refractivity contribution in [1.82, 2.24) is 14.9 Å². The highest BCUT2D eigenvalue weighted by atomic mass is 16.2. The molecule has 0 saturated carbocycles. The Morgan fingerprint density at radius 2 is 1.83 bits per heavy atom. The summed E-state index contributed by atoms with van der Waals surface area (Å²) in [5, 5.41) is 3.22. The zero-order valence-electron chi connectivity index (χ0n) is 15.0. The Hall–Kier alpha value is -2.43. The molecule has 0 radical (unpaired) electrons. The van der Waals surface area contributed by atoms with Gasteiger partial charge in [-0.25, -0.2) is 9.97 Å². The fourth-order valence-corrected chi connectivity index (χ4v) is 2.55. The van der Waals surface area contributed by atoms with Gasteiger partial charge in [0, 0.05) is 25.0 Å². The maximum Gasteiger partial charge on any atom is 0.272 e. The van der Waals surface area contributed by atoms with Crippen LogP contribution in [0.1, 0.15) is 48.3 Å². The summed E-state index contributed by atoms with van der Waals surface area (Å²) in [6.45, 7) is 9.71. The van der Waals surface area contributed by atoms with Gasteiger partial charge < -0.3 is 10.2 Å². The third kappa shape index (κ3) is 4.54. The third-order valence-electron chi connectivity index (χ3n) is 3.79. The van der Waals surface area contributed by atoms with Crippen LogP contribution in [0, 0.1) is 13.8 Å². The van der Waals surface area contributed by atoms with E-state index in [0.717, 1.165) is 42.7 Å². The summed E-state index contributed by atoms with van der Waals surface area (Å²) in [7, 11) is 0. The van der Waals surface area contributed by atoms with Crippen molar-refractivity contribution in [3.8, 4) is 0 Å². The molecule has 128 valence electrons. The van der Waals surface area contributed by atoms with E-state index in [4.69, 9.17) is 0 Å². The van der Waals surface area contributed by atoms with Crippen LogP contribution in [0.3, 0.4) is 0 Å². The SMILES string of the molecule is CCCN(CCC)C(=O)c1ccnc(Nc2cc(C)ccc2C)n1. The van der Waals surface area contributed by atoms with E-state index in [0.29, 0.717) is 11.6 Å². The number of anilines is 2. The lowest BCUT2D eigenvalue weighted by Gasteiger charge is -2.21. The summed E-state index contributed by atoms with van der Waals surface area (Å²) in [5.41, 5.74) is 3.66. The molecule has 24 heavy (non-hydrogen) atoms. The molecule has 1 N–H and O–H groups in total. The molecule has 1 aromatic carbocycles. The smallest absolute Gasteiger partial charge is 0.272 e. The molecular weight excluding hydrogens is 300 g/mol. The summed E-state index contributed by atoms with van der Waals surface area (Å²) in [6.07, 6.45) is 3.50. The number of benzene rings is 1. The topological polar surface area (TPSA) is 58.1 Å². The van der Waals surface area contributed by atoms with E-state index < -0.39 is 0 Å². The van der Waals surface area contributed by atoms with Crippen LogP contribution in [-0.2, 0) is 0 Å². The second-order valence-electron chi connectivity index (χ2n) is 6.00. The molecule has 0 fully saturated rings. The highest BCUT2D eigenvalue weighted by molar-refractivity contribution is 5.92. The molecule has 1 amide bonds. The van der Waals surface area contributed by atoms with Crippen LogP contribution in [0.25, 0.3) is 0 Å². The summed E-state index contributed by atoms with van der Waals surface area (Å²) in [5.74, 6) is 0.410. The number of aromatic nitrogens is 2. The van der Waals surface area contributed by atoms with E-state index in [1.165, 1.54) is 0 Å². The summed E-state index contributed by atoms with van der Waals surface area (Å²) in [4.78, 5) is 23.2. The Labute approximate surface area is 144 Å². The number of hydrogen-bond donors (Lipinski definition) is 1. The molecule has 0 aliphatic rings. The Morgan fingerprint density at radius 3 is 2.50 bits per heavy atom. The maximum absolute atomic E-state index is 12.7. The van der Waals surface area contributed by atoms with Crippen LogP contribution in [0.4, 0.5) is 11.6 Å². The first-order valence-electron chi connectivity index (χ1n) is 8.51.